The Bertz CT molecular complexity index is 960. The molecule has 0 spiro atoms. The maximum atomic E-state index is 2.28. The Balaban J connectivity index is 2.07. The molecule has 0 N–H and O–H groups in total. The van der Waals surface area contributed by atoms with Crippen LogP contribution < -0.4 is 0 Å². The molecule has 0 saturated carbocycles. The van der Waals surface area contributed by atoms with Crippen LogP contribution in [0.1, 0.15) is 11.1 Å². The van der Waals surface area contributed by atoms with Gasteiger partial charge in [0.15, 0.2) is 0 Å². The summed E-state index contributed by atoms with van der Waals surface area (Å²) in [6, 6.07) is 21.9. The van der Waals surface area contributed by atoms with Crippen LogP contribution in [0.3, 0.4) is 0 Å². The van der Waals surface area contributed by atoms with E-state index in [1.165, 1.54) is 42.4 Å². The zero-order valence-electron chi connectivity index (χ0n) is 12.2. The van der Waals surface area contributed by atoms with Crippen LogP contribution in [-0.2, 0) is 0 Å². The molecule has 0 aliphatic carbocycles. The van der Waals surface area contributed by atoms with Gasteiger partial charge in [-0.2, -0.15) is 0 Å². The van der Waals surface area contributed by atoms with E-state index in [0.29, 0.717) is 0 Å². The first-order valence-electron chi connectivity index (χ1n) is 7.22. The van der Waals surface area contributed by atoms with Gasteiger partial charge < -0.3 is 0 Å². The topological polar surface area (TPSA) is 0 Å². The molecule has 1 aromatic heterocycles. The maximum absolute atomic E-state index is 2.28. The van der Waals surface area contributed by atoms with Gasteiger partial charge in [0.2, 0.25) is 0 Å². The van der Waals surface area contributed by atoms with Crippen molar-refractivity contribution in [1.29, 1.82) is 0 Å². The molecule has 0 aliphatic heterocycles. The molecule has 4 rings (SSSR count). The lowest BCUT2D eigenvalue weighted by atomic mass is 9.95. The number of thiophene rings is 1. The van der Waals surface area contributed by atoms with Crippen molar-refractivity contribution in [3.8, 4) is 11.1 Å². The fourth-order valence-electron chi connectivity index (χ4n) is 3.09. The molecule has 0 amide bonds. The van der Waals surface area contributed by atoms with Crippen molar-refractivity contribution in [3.05, 3.63) is 71.8 Å². The molecule has 0 saturated heterocycles. The van der Waals surface area contributed by atoms with Crippen molar-refractivity contribution >= 4 is 31.5 Å². The highest BCUT2D eigenvalue weighted by molar-refractivity contribution is 7.26. The third-order valence-corrected chi connectivity index (χ3v) is 5.54. The highest BCUT2D eigenvalue weighted by Crippen LogP contribution is 2.39. The van der Waals surface area contributed by atoms with E-state index in [1.54, 1.807) is 0 Å². The molecule has 3 aromatic carbocycles. The Hall–Kier alpha value is -2.12. The quantitative estimate of drug-likeness (QED) is 0.383. The van der Waals surface area contributed by atoms with Gasteiger partial charge in [-0.25, -0.2) is 0 Å². The predicted molar refractivity (Wildman–Crippen MR) is 94.2 cm³/mol. The Labute approximate surface area is 128 Å². The van der Waals surface area contributed by atoms with Crippen LogP contribution in [0.4, 0.5) is 0 Å². The number of hydrogen-bond acceptors (Lipinski definition) is 1. The van der Waals surface area contributed by atoms with E-state index < -0.39 is 0 Å². The molecule has 0 aliphatic rings. The average Bonchev–Trinajstić information content (AvgIpc) is 2.89. The third kappa shape index (κ3) is 1.89. The van der Waals surface area contributed by atoms with Crippen molar-refractivity contribution in [1.82, 2.24) is 0 Å². The van der Waals surface area contributed by atoms with Crippen LogP contribution >= 0.6 is 11.3 Å². The minimum atomic E-state index is 1.33. The van der Waals surface area contributed by atoms with E-state index in [4.69, 9.17) is 0 Å². The van der Waals surface area contributed by atoms with E-state index in [2.05, 4.69) is 74.5 Å². The molecule has 0 nitrogen and oxygen atoms in total. The van der Waals surface area contributed by atoms with Gasteiger partial charge in [-0.05, 0) is 42.2 Å². The molecule has 0 bridgehead atoms. The lowest BCUT2D eigenvalue weighted by Crippen LogP contribution is -1.86. The molecule has 1 heteroatoms. The molecular weight excluding hydrogens is 272 g/mol. The summed E-state index contributed by atoms with van der Waals surface area (Å²) in [5, 5.41) is 2.75. The van der Waals surface area contributed by atoms with Crippen molar-refractivity contribution in [3.63, 3.8) is 0 Å². The van der Waals surface area contributed by atoms with Crippen molar-refractivity contribution in [2.24, 2.45) is 0 Å². The second-order valence-corrected chi connectivity index (χ2v) is 6.58. The van der Waals surface area contributed by atoms with Gasteiger partial charge in [-0.15, -0.1) is 11.3 Å². The van der Waals surface area contributed by atoms with E-state index in [-0.39, 0.29) is 0 Å². The van der Waals surface area contributed by atoms with Crippen LogP contribution in [0.2, 0.25) is 0 Å². The first-order chi connectivity index (χ1) is 10.3. The fraction of sp³-hybridized carbons (Fsp3) is 0.100. The van der Waals surface area contributed by atoms with E-state index in [1.807, 2.05) is 11.3 Å². The number of fused-ring (bicyclic) bond motifs is 3. The summed E-state index contributed by atoms with van der Waals surface area (Å²) in [4.78, 5) is 0. The third-order valence-electron chi connectivity index (χ3n) is 4.23. The average molecular weight is 288 g/mol. The van der Waals surface area contributed by atoms with Crippen LogP contribution in [0.5, 0.6) is 0 Å². The van der Waals surface area contributed by atoms with Crippen molar-refractivity contribution in [2.45, 2.75) is 13.8 Å². The first-order valence-corrected chi connectivity index (χ1v) is 8.04. The lowest BCUT2D eigenvalue weighted by molar-refractivity contribution is 1.44. The summed E-state index contributed by atoms with van der Waals surface area (Å²) in [5.41, 5.74) is 5.42. The second-order valence-electron chi connectivity index (χ2n) is 5.53. The molecule has 4 aromatic rings. The summed E-state index contributed by atoms with van der Waals surface area (Å²) in [7, 11) is 0. The summed E-state index contributed by atoms with van der Waals surface area (Å²) < 4.78 is 2.79. The van der Waals surface area contributed by atoms with Gasteiger partial charge in [-0.3, -0.25) is 0 Å². The Morgan fingerprint density at radius 1 is 0.667 bits per heavy atom. The van der Waals surface area contributed by atoms with E-state index in [0.717, 1.165) is 0 Å². The van der Waals surface area contributed by atoms with Gasteiger partial charge >= 0.3 is 0 Å². The molecular formula is C20H16S. The maximum Gasteiger partial charge on any atom is 0.0390 e. The van der Waals surface area contributed by atoms with Crippen LogP contribution in [-0.4, -0.2) is 0 Å². The van der Waals surface area contributed by atoms with Crippen LogP contribution in [0.25, 0.3) is 31.3 Å². The Morgan fingerprint density at radius 2 is 1.43 bits per heavy atom. The van der Waals surface area contributed by atoms with Gasteiger partial charge in [0.05, 0.1) is 0 Å². The van der Waals surface area contributed by atoms with Crippen molar-refractivity contribution < 1.29 is 0 Å². The van der Waals surface area contributed by atoms with Crippen molar-refractivity contribution in [2.75, 3.05) is 0 Å². The number of hydrogen-bond donors (Lipinski definition) is 0. The Kier molecular flexibility index (Phi) is 2.83. The largest absolute Gasteiger partial charge is 0.135 e. The molecule has 102 valence electrons. The molecule has 0 atom stereocenters. The van der Waals surface area contributed by atoms with Gasteiger partial charge in [0.25, 0.3) is 0 Å². The van der Waals surface area contributed by atoms with Gasteiger partial charge in [0.1, 0.15) is 0 Å². The van der Waals surface area contributed by atoms with Crippen LogP contribution in [0.15, 0.2) is 60.7 Å². The van der Waals surface area contributed by atoms with Gasteiger partial charge in [0, 0.05) is 20.2 Å². The summed E-state index contributed by atoms with van der Waals surface area (Å²) in [6.45, 7) is 4.43. The SMILES string of the molecule is Cc1ccccc1-c1ccc2c(sc3ccccc32)c1C. The second kappa shape index (κ2) is 4.71. The zero-order chi connectivity index (χ0) is 14.4. The standard InChI is InChI=1S/C20H16S/c1-13-7-3-4-8-15(13)16-11-12-18-17-9-5-6-10-19(17)21-20(18)14(16)2/h3-12H,1-2H3. The minimum Gasteiger partial charge on any atom is -0.135 e. The lowest BCUT2D eigenvalue weighted by Gasteiger charge is -2.10. The summed E-state index contributed by atoms with van der Waals surface area (Å²) in [5.74, 6) is 0. The number of aryl methyl sites for hydroxylation is 2. The number of rotatable bonds is 1. The predicted octanol–water partition coefficient (Wildman–Crippen LogP) is 6.34. The normalized spacial score (nSPS) is 11.3. The smallest absolute Gasteiger partial charge is 0.0390 e. The first kappa shape index (κ1) is 12.6. The highest BCUT2D eigenvalue weighted by atomic mass is 32.1. The zero-order valence-corrected chi connectivity index (χ0v) is 13.0. The molecule has 1 heterocycles. The van der Waals surface area contributed by atoms with E-state index >= 15 is 0 Å². The van der Waals surface area contributed by atoms with E-state index in [9.17, 15) is 0 Å². The molecule has 0 radical (unpaired) electrons. The summed E-state index contributed by atoms with van der Waals surface area (Å²) >= 11 is 1.90. The van der Waals surface area contributed by atoms with Gasteiger partial charge in [-0.1, -0.05) is 54.6 Å². The Morgan fingerprint density at radius 3 is 2.29 bits per heavy atom. The highest BCUT2D eigenvalue weighted by Gasteiger charge is 2.11. The summed E-state index contributed by atoms with van der Waals surface area (Å²) in [6.07, 6.45) is 0. The molecule has 0 unspecified atom stereocenters. The number of benzene rings is 3. The monoisotopic (exact) mass is 288 g/mol. The van der Waals surface area contributed by atoms with Crippen LogP contribution in [0, 0.1) is 13.8 Å². The molecule has 21 heavy (non-hydrogen) atoms. The minimum absolute atomic E-state index is 1.33. The molecule has 0 fully saturated rings. The fourth-order valence-corrected chi connectivity index (χ4v) is 4.30.